The molecular weight excluding hydrogens is 230 g/mol. The van der Waals surface area contributed by atoms with Crippen LogP contribution in [0.5, 0.6) is 0 Å². The van der Waals surface area contributed by atoms with Crippen molar-refractivity contribution in [3.8, 4) is 11.3 Å². The molecular formula is C11H8F2N2O2. The number of carboxylic acids is 1. The summed E-state index contributed by atoms with van der Waals surface area (Å²) in [6, 6.07) is 3.40. The quantitative estimate of drug-likeness (QED) is 0.888. The first-order valence-corrected chi connectivity index (χ1v) is 4.75. The third-order valence-corrected chi connectivity index (χ3v) is 2.17. The van der Waals surface area contributed by atoms with Crippen molar-refractivity contribution in [2.75, 3.05) is 0 Å². The van der Waals surface area contributed by atoms with Crippen molar-refractivity contribution >= 4 is 5.97 Å². The lowest BCUT2D eigenvalue weighted by atomic mass is 10.1. The van der Waals surface area contributed by atoms with Crippen molar-refractivity contribution in [2.24, 2.45) is 0 Å². The molecule has 2 rings (SSSR count). The van der Waals surface area contributed by atoms with Gasteiger partial charge in [-0.3, -0.25) is 4.79 Å². The zero-order valence-electron chi connectivity index (χ0n) is 8.60. The molecule has 0 aliphatic carbocycles. The van der Waals surface area contributed by atoms with Gasteiger partial charge in [-0.25, -0.2) is 13.8 Å². The summed E-state index contributed by atoms with van der Waals surface area (Å²) >= 11 is 0. The molecule has 0 spiro atoms. The standard InChI is InChI=1S/C11H8F2N2O2/c12-8-2-1-7(3-9(8)13)10-4-15(6-14-10)5-11(16)17/h1-4,6H,5H2,(H,16,17). The Morgan fingerprint density at radius 3 is 2.76 bits per heavy atom. The molecule has 0 unspecified atom stereocenters. The molecule has 1 N–H and O–H groups in total. The van der Waals surface area contributed by atoms with Gasteiger partial charge in [0.05, 0.1) is 12.0 Å². The maximum absolute atomic E-state index is 13.0. The Labute approximate surface area is 95.1 Å². The second kappa shape index (κ2) is 4.32. The average molecular weight is 238 g/mol. The van der Waals surface area contributed by atoms with Crippen LogP contribution in [0.15, 0.2) is 30.7 Å². The van der Waals surface area contributed by atoms with Gasteiger partial charge >= 0.3 is 5.97 Å². The van der Waals surface area contributed by atoms with E-state index in [9.17, 15) is 13.6 Å². The summed E-state index contributed by atoms with van der Waals surface area (Å²) in [5.41, 5.74) is 0.790. The number of hydrogen-bond donors (Lipinski definition) is 1. The maximum Gasteiger partial charge on any atom is 0.323 e. The fourth-order valence-electron chi connectivity index (χ4n) is 1.41. The van der Waals surface area contributed by atoms with Crippen molar-refractivity contribution in [2.45, 2.75) is 6.54 Å². The van der Waals surface area contributed by atoms with E-state index in [1.807, 2.05) is 0 Å². The highest BCUT2D eigenvalue weighted by atomic mass is 19.2. The van der Waals surface area contributed by atoms with Gasteiger partial charge in [-0.1, -0.05) is 0 Å². The fraction of sp³-hybridized carbons (Fsp3) is 0.0909. The largest absolute Gasteiger partial charge is 0.480 e. The molecule has 17 heavy (non-hydrogen) atoms. The maximum atomic E-state index is 13.0. The third-order valence-electron chi connectivity index (χ3n) is 2.17. The zero-order chi connectivity index (χ0) is 12.4. The van der Waals surface area contributed by atoms with Crippen LogP contribution in [0.2, 0.25) is 0 Å². The normalized spacial score (nSPS) is 10.5. The van der Waals surface area contributed by atoms with Gasteiger partial charge in [-0.15, -0.1) is 0 Å². The van der Waals surface area contributed by atoms with E-state index in [0.717, 1.165) is 12.1 Å². The highest BCUT2D eigenvalue weighted by molar-refractivity contribution is 5.67. The molecule has 0 saturated carbocycles. The van der Waals surface area contributed by atoms with Gasteiger partial charge in [0.1, 0.15) is 6.54 Å². The lowest BCUT2D eigenvalue weighted by Crippen LogP contribution is -2.06. The van der Waals surface area contributed by atoms with Crippen molar-refractivity contribution < 1.29 is 18.7 Å². The van der Waals surface area contributed by atoms with Gasteiger partial charge < -0.3 is 9.67 Å². The molecule has 0 bridgehead atoms. The third kappa shape index (κ3) is 2.47. The molecule has 1 aromatic carbocycles. The summed E-state index contributed by atoms with van der Waals surface area (Å²) in [4.78, 5) is 14.4. The highest BCUT2D eigenvalue weighted by Gasteiger charge is 2.08. The average Bonchev–Trinajstić information content (AvgIpc) is 2.69. The number of halogens is 2. The van der Waals surface area contributed by atoms with Gasteiger partial charge in [0.15, 0.2) is 11.6 Å². The van der Waals surface area contributed by atoms with E-state index in [1.54, 1.807) is 0 Å². The zero-order valence-corrected chi connectivity index (χ0v) is 8.60. The van der Waals surface area contributed by atoms with Gasteiger partial charge in [0, 0.05) is 11.8 Å². The van der Waals surface area contributed by atoms with Gasteiger partial charge in [0.25, 0.3) is 0 Å². The number of hydrogen-bond acceptors (Lipinski definition) is 2. The Bertz CT molecular complexity index is 566. The van der Waals surface area contributed by atoms with Crippen LogP contribution in [0.1, 0.15) is 0 Å². The second-order valence-electron chi connectivity index (χ2n) is 3.45. The van der Waals surface area contributed by atoms with E-state index in [2.05, 4.69) is 4.98 Å². The van der Waals surface area contributed by atoms with Crippen LogP contribution in [-0.2, 0) is 11.3 Å². The second-order valence-corrected chi connectivity index (χ2v) is 3.45. The summed E-state index contributed by atoms with van der Waals surface area (Å²) in [6.45, 7) is -0.226. The minimum atomic E-state index is -1.00. The number of aromatic nitrogens is 2. The van der Waals surface area contributed by atoms with E-state index < -0.39 is 17.6 Å². The predicted octanol–water partition coefficient (Wildman–Crippen LogP) is 1.91. The Morgan fingerprint density at radius 2 is 2.12 bits per heavy atom. The molecule has 1 aromatic heterocycles. The minimum Gasteiger partial charge on any atom is -0.480 e. The predicted molar refractivity (Wildman–Crippen MR) is 55.2 cm³/mol. The van der Waals surface area contributed by atoms with Crippen LogP contribution in [0, 0.1) is 11.6 Å². The Hall–Kier alpha value is -2.24. The Balaban J connectivity index is 2.30. The Kier molecular flexibility index (Phi) is 2.86. The van der Waals surface area contributed by atoms with E-state index in [1.165, 1.54) is 23.2 Å². The van der Waals surface area contributed by atoms with Crippen LogP contribution in [0.3, 0.4) is 0 Å². The van der Waals surface area contributed by atoms with Crippen LogP contribution < -0.4 is 0 Å². The van der Waals surface area contributed by atoms with Crippen LogP contribution in [-0.4, -0.2) is 20.6 Å². The molecule has 1 heterocycles. The SMILES string of the molecule is O=C(O)Cn1cnc(-c2ccc(F)c(F)c2)c1. The van der Waals surface area contributed by atoms with E-state index in [4.69, 9.17) is 5.11 Å². The first kappa shape index (κ1) is 11.3. The summed E-state index contributed by atoms with van der Waals surface area (Å²) in [7, 11) is 0. The fourth-order valence-corrected chi connectivity index (χ4v) is 1.41. The van der Waals surface area contributed by atoms with E-state index in [0.29, 0.717) is 11.3 Å². The molecule has 88 valence electrons. The smallest absolute Gasteiger partial charge is 0.323 e. The van der Waals surface area contributed by atoms with Crippen LogP contribution >= 0.6 is 0 Å². The van der Waals surface area contributed by atoms with Crippen LogP contribution in [0.25, 0.3) is 11.3 Å². The summed E-state index contributed by atoms with van der Waals surface area (Å²) in [6.07, 6.45) is 2.78. The lowest BCUT2D eigenvalue weighted by Gasteiger charge is -1.98. The first-order chi connectivity index (χ1) is 8.06. The number of aliphatic carboxylic acids is 1. The number of imidazole rings is 1. The number of benzene rings is 1. The number of carboxylic acid groups (broad SMARTS) is 1. The van der Waals surface area contributed by atoms with Crippen molar-refractivity contribution in [1.82, 2.24) is 9.55 Å². The molecule has 0 amide bonds. The molecule has 0 saturated heterocycles. The number of rotatable bonds is 3. The molecule has 0 atom stereocenters. The van der Waals surface area contributed by atoms with Gasteiger partial charge in [-0.2, -0.15) is 0 Å². The van der Waals surface area contributed by atoms with E-state index in [-0.39, 0.29) is 6.54 Å². The number of carbonyl (C=O) groups is 1. The van der Waals surface area contributed by atoms with Crippen molar-refractivity contribution in [3.63, 3.8) is 0 Å². The monoisotopic (exact) mass is 238 g/mol. The van der Waals surface area contributed by atoms with Crippen molar-refractivity contribution in [3.05, 3.63) is 42.4 Å². The molecule has 0 fully saturated rings. The van der Waals surface area contributed by atoms with E-state index >= 15 is 0 Å². The summed E-state index contributed by atoms with van der Waals surface area (Å²) in [5, 5.41) is 8.57. The molecule has 2 aromatic rings. The molecule has 4 nitrogen and oxygen atoms in total. The van der Waals surface area contributed by atoms with Gasteiger partial charge in [0.2, 0.25) is 0 Å². The summed E-state index contributed by atoms with van der Waals surface area (Å²) in [5.74, 6) is -2.90. The topological polar surface area (TPSA) is 55.1 Å². The first-order valence-electron chi connectivity index (χ1n) is 4.75. The van der Waals surface area contributed by atoms with Crippen LogP contribution in [0.4, 0.5) is 8.78 Å². The minimum absolute atomic E-state index is 0.226. The molecule has 0 radical (unpaired) electrons. The molecule has 6 heteroatoms. The number of nitrogens with zero attached hydrogens (tertiary/aromatic N) is 2. The molecule has 0 aliphatic heterocycles. The Morgan fingerprint density at radius 1 is 1.35 bits per heavy atom. The van der Waals surface area contributed by atoms with Gasteiger partial charge in [-0.05, 0) is 18.2 Å². The molecule has 0 aliphatic rings. The van der Waals surface area contributed by atoms with Crippen molar-refractivity contribution in [1.29, 1.82) is 0 Å². The summed E-state index contributed by atoms with van der Waals surface area (Å²) < 4.78 is 27.0. The highest BCUT2D eigenvalue weighted by Crippen LogP contribution is 2.19. The lowest BCUT2D eigenvalue weighted by molar-refractivity contribution is -0.137.